The van der Waals surface area contributed by atoms with Crippen molar-refractivity contribution in [3.8, 4) is 0 Å². The summed E-state index contributed by atoms with van der Waals surface area (Å²) in [6.07, 6.45) is 0. The lowest BCUT2D eigenvalue weighted by Gasteiger charge is -2.12. The molecule has 2 rings (SSSR count). The van der Waals surface area contributed by atoms with E-state index in [1.165, 1.54) is 0 Å². The molecule has 0 amide bonds. The zero-order valence-electron chi connectivity index (χ0n) is 7.69. The van der Waals surface area contributed by atoms with Crippen molar-refractivity contribution in [1.82, 2.24) is 0 Å². The topological polar surface area (TPSA) is 40.1 Å². The number of benzene rings is 2. The van der Waals surface area contributed by atoms with Crippen LogP contribution in [0.15, 0.2) is 41.3 Å². The van der Waals surface area contributed by atoms with Crippen LogP contribution in [-0.2, 0) is 11.1 Å². The molecule has 0 aliphatic carbocycles. The van der Waals surface area contributed by atoms with Crippen LogP contribution < -0.4 is 0 Å². The lowest BCUT2D eigenvalue weighted by Crippen LogP contribution is -1.94. The molecule has 1 unspecified atom stereocenters. The van der Waals surface area contributed by atoms with Crippen LogP contribution in [0.1, 0.15) is 5.56 Å². The summed E-state index contributed by atoms with van der Waals surface area (Å²) in [6, 6.07) is 11.2. The predicted molar refractivity (Wildman–Crippen MR) is 55.9 cm³/mol. The Morgan fingerprint density at radius 3 is 2.57 bits per heavy atom. The Morgan fingerprint density at radius 1 is 1.14 bits per heavy atom. The maximum atomic E-state index is 11.0. The second-order valence-corrected chi connectivity index (χ2v) is 4.05. The molecule has 14 heavy (non-hydrogen) atoms. The fraction of sp³-hybridized carbons (Fsp3) is 0.0909. The van der Waals surface area contributed by atoms with Crippen LogP contribution in [0, 0.1) is 6.92 Å². The van der Waals surface area contributed by atoms with Gasteiger partial charge in [-0.05, 0) is 34.3 Å². The Hall–Kier alpha value is -1.19. The highest BCUT2D eigenvalue weighted by molar-refractivity contribution is 7.79. The van der Waals surface area contributed by atoms with E-state index in [4.69, 9.17) is 0 Å². The molecule has 0 N–H and O–H groups in total. The highest BCUT2D eigenvalue weighted by Crippen LogP contribution is 2.24. The van der Waals surface area contributed by atoms with Crippen molar-refractivity contribution in [2.24, 2.45) is 0 Å². The fourth-order valence-electron chi connectivity index (χ4n) is 1.57. The Bertz CT molecular complexity index is 506. The van der Waals surface area contributed by atoms with Crippen molar-refractivity contribution in [2.45, 2.75) is 11.8 Å². The van der Waals surface area contributed by atoms with Gasteiger partial charge in [-0.2, -0.15) is 0 Å². The van der Waals surface area contributed by atoms with Gasteiger partial charge in [-0.3, -0.25) is 4.21 Å². The van der Waals surface area contributed by atoms with Gasteiger partial charge in [0.15, 0.2) is 0 Å². The van der Waals surface area contributed by atoms with E-state index in [0.29, 0.717) is 4.90 Å². The quantitative estimate of drug-likeness (QED) is 0.670. The Balaban J connectivity index is 2.90. The van der Waals surface area contributed by atoms with E-state index in [1.54, 1.807) is 6.92 Å². The van der Waals surface area contributed by atoms with E-state index >= 15 is 0 Å². The molecule has 0 spiro atoms. The minimum atomic E-state index is -2.17. The zero-order valence-corrected chi connectivity index (χ0v) is 8.51. The second-order valence-electron chi connectivity index (χ2n) is 3.17. The maximum absolute atomic E-state index is 11.0. The van der Waals surface area contributed by atoms with Gasteiger partial charge in [0.1, 0.15) is 0 Å². The summed E-state index contributed by atoms with van der Waals surface area (Å²) < 4.78 is 22.1. The highest BCUT2D eigenvalue weighted by Gasteiger charge is 2.03. The lowest BCUT2D eigenvalue weighted by molar-refractivity contribution is 0.537. The van der Waals surface area contributed by atoms with Crippen LogP contribution in [0.25, 0.3) is 10.8 Å². The third-order valence-electron chi connectivity index (χ3n) is 2.24. The summed E-state index contributed by atoms with van der Waals surface area (Å²) in [5.41, 5.74) is 0.789. The highest BCUT2D eigenvalue weighted by atomic mass is 32.2. The van der Waals surface area contributed by atoms with Gasteiger partial charge < -0.3 is 4.55 Å². The van der Waals surface area contributed by atoms with Crippen molar-refractivity contribution in [2.75, 3.05) is 0 Å². The number of rotatable bonds is 1. The minimum absolute atomic E-state index is 0.406. The summed E-state index contributed by atoms with van der Waals surface area (Å²) >= 11 is -2.17. The van der Waals surface area contributed by atoms with E-state index in [1.807, 2.05) is 36.4 Å². The van der Waals surface area contributed by atoms with Crippen LogP contribution >= 0.6 is 0 Å². The standard InChI is InChI=1S/C11H10O2S/c1-8-6-7-9-4-2-3-5-10(9)11(8)14(12)13/h2-7H,1H3,(H,12,13)/p-1. The fourth-order valence-corrected chi connectivity index (χ4v) is 2.27. The molecule has 0 saturated heterocycles. The number of hydrogen-bond acceptors (Lipinski definition) is 2. The molecule has 0 aliphatic rings. The Morgan fingerprint density at radius 2 is 1.86 bits per heavy atom. The molecule has 1 atom stereocenters. The molecule has 0 fully saturated rings. The molecule has 0 aromatic heterocycles. The van der Waals surface area contributed by atoms with E-state index in [9.17, 15) is 8.76 Å². The van der Waals surface area contributed by atoms with Crippen molar-refractivity contribution in [3.63, 3.8) is 0 Å². The van der Waals surface area contributed by atoms with E-state index in [2.05, 4.69) is 0 Å². The molecule has 0 bridgehead atoms. The van der Waals surface area contributed by atoms with Crippen LogP contribution in [0.5, 0.6) is 0 Å². The molecule has 72 valence electrons. The largest absolute Gasteiger partial charge is 0.768 e. The Kier molecular flexibility index (Phi) is 2.35. The minimum Gasteiger partial charge on any atom is -0.768 e. The molecule has 0 saturated carbocycles. The second kappa shape index (κ2) is 3.52. The van der Waals surface area contributed by atoms with Gasteiger partial charge in [-0.25, -0.2) is 0 Å². The number of fused-ring (bicyclic) bond motifs is 1. The molecule has 3 heteroatoms. The predicted octanol–water partition coefficient (Wildman–Crippen LogP) is 2.39. The molecule has 0 heterocycles. The van der Waals surface area contributed by atoms with Gasteiger partial charge in [-0.15, -0.1) is 0 Å². The monoisotopic (exact) mass is 205 g/mol. The van der Waals surface area contributed by atoms with Crippen molar-refractivity contribution in [3.05, 3.63) is 42.0 Å². The van der Waals surface area contributed by atoms with Gasteiger partial charge in [0, 0.05) is 4.90 Å². The molecule has 2 nitrogen and oxygen atoms in total. The van der Waals surface area contributed by atoms with Crippen molar-refractivity contribution in [1.29, 1.82) is 0 Å². The van der Waals surface area contributed by atoms with Crippen LogP contribution in [0.3, 0.4) is 0 Å². The maximum Gasteiger partial charge on any atom is 0.0356 e. The van der Waals surface area contributed by atoms with Crippen LogP contribution in [0.4, 0.5) is 0 Å². The average Bonchev–Trinajstić information content (AvgIpc) is 2.17. The molecule has 2 aromatic carbocycles. The number of hydrogen-bond donors (Lipinski definition) is 0. The van der Waals surface area contributed by atoms with E-state index in [-0.39, 0.29) is 0 Å². The molecular formula is C11H9O2S-. The normalized spacial score (nSPS) is 13.0. The smallest absolute Gasteiger partial charge is 0.0356 e. The summed E-state index contributed by atoms with van der Waals surface area (Å²) in [7, 11) is 0. The van der Waals surface area contributed by atoms with E-state index < -0.39 is 11.1 Å². The number of aryl methyl sites for hydroxylation is 1. The molecule has 2 aromatic rings. The zero-order chi connectivity index (χ0) is 10.1. The van der Waals surface area contributed by atoms with Gasteiger partial charge in [0.25, 0.3) is 0 Å². The summed E-state index contributed by atoms with van der Waals surface area (Å²) in [6.45, 7) is 1.80. The van der Waals surface area contributed by atoms with Crippen LogP contribution in [-0.4, -0.2) is 8.76 Å². The van der Waals surface area contributed by atoms with Gasteiger partial charge in [0.05, 0.1) is 0 Å². The summed E-state index contributed by atoms with van der Waals surface area (Å²) in [5, 5.41) is 1.75. The van der Waals surface area contributed by atoms with Gasteiger partial charge in [-0.1, -0.05) is 36.4 Å². The first-order valence-electron chi connectivity index (χ1n) is 4.28. The first-order chi connectivity index (χ1) is 6.70. The van der Waals surface area contributed by atoms with Crippen molar-refractivity contribution >= 4 is 21.9 Å². The van der Waals surface area contributed by atoms with Crippen LogP contribution in [0.2, 0.25) is 0 Å². The van der Waals surface area contributed by atoms with Gasteiger partial charge >= 0.3 is 0 Å². The molecular weight excluding hydrogens is 196 g/mol. The molecule has 0 aliphatic heterocycles. The Labute approximate surface area is 84.9 Å². The van der Waals surface area contributed by atoms with Gasteiger partial charge in [0.2, 0.25) is 0 Å². The lowest BCUT2D eigenvalue weighted by atomic mass is 10.1. The third-order valence-corrected chi connectivity index (χ3v) is 3.12. The van der Waals surface area contributed by atoms with Crippen molar-refractivity contribution < 1.29 is 8.76 Å². The van der Waals surface area contributed by atoms with E-state index in [0.717, 1.165) is 16.3 Å². The average molecular weight is 205 g/mol. The first-order valence-corrected chi connectivity index (χ1v) is 5.35. The SMILES string of the molecule is Cc1ccc2ccccc2c1S(=O)[O-]. The summed E-state index contributed by atoms with van der Waals surface area (Å²) in [4.78, 5) is 0.406. The summed E-state index contributed by atoms with van der Waals surface area (Å²) in [5.74, 6) is 0. The first kappa shape index (κ1) is 9.37. The third kappa shape index (κ3) is 1.45. The molecule has 0 radical (unpaired) electrons.